The van der Waals surface area contributed by atoms with E-state index in [4.69, 9.17) is 14.2 Å². The molecule has 0 aromatic rings. The number of carbonyl (C=O) groups excluding carboxylic acids is 3. The SMILES string of the molecule is COC(=O)CC(C)[C@H]1CC[C@H]2[C@@H]3CC=C4CC(OC(C)=O)CC(OC(C)=O)[C@]4(C)[C@H]3CC[C@]12C. The van der Waals surface area contributed by atoms with Gasteiger partial charge in [-0.2, -0.15) is 0 Å². The number of carbonyl (C=O) groups is 3. The van der Waals surface area contributed by atoms with Crippen LogP contribution in [0.1, 0.15) is 86.0 Å². The summed E-state index contributed by atoms with van der Waals surface area (Å²) in [6.07, 6.45) is 9.29. The fraction of sp³-hybridized carbons (Fsp3) is 0.821. The highest BCUT2D eigenvalue weighted by Crippen LogP contribution is 2.67. The van der Waals surface area contributed by atoms with Crippen LogP contribution in [-0.2, 0) is 28.6 Å². The zero-order valence-corrected chi connectivity index (χ0v) is 21.7. The molecule has 0 spiro atoms. The minimum absolute atomic E-state index is 0.111. The molecule has 0 amide bonds. The maximum atomic E-state index is 12.1. The molecule has 4 aliphatic rings. The Labute approximate surface area is 204 Å². The van der Waals surface area contributed by atoms with Gasteiger partial charge in [0.1, 0.15) is 12.2 Å². The molecule has 3 fully saturated rings. The molecule has 6 heteroatoms. The number of ether oxygens (including phenoxy) is 3. The van der Waals surface area contributed by atoms with Crippen molar-refractivity contribution < 1.29 is 28.6 Å². The van der Waals surface area contributed by atoms with Gasteiger partial charge >= 0.3 is 17.9 Å². The van der Waals surface area contributed by atoms with Gasteiger partial charge in [0.2, 0.25) is 0 Å². The molecule has 190 valence electrons. The maximum absolute atomic E-state index is 12.1. The van der Waals surface area contributed by atoms with E-state index in [-0.39, 0.29) is 40.9 Å². The van der Waals surface area contributed by atoms with Crippen molar-refractivity contribution in [3.63, 3.8) is 0 Å². The molecule has 0 saturated heterocycles. The molecular formula is C28H42O6. The van der Waals surface area contributed by atoms with Crippen molar-refractivity contribution in [3.8, 4) is 0 Å². The minimum Gasteiger partial charge on any atom is -0.469 e. The van der Waals surface area contributed by atoms with Crippen LogP contribution in [0.15, 0.2) is 11.6 Å². The van der Waals surface area contributed by atoms with Crippen LogP contribution in [0.25, 0.3) is 0 Å². The summed E-state index contributed by atoms with van der Waals surface area (Å²) in [5.74, 6) is 1.78. The van der Waals surface area contributed by atoms with E-state index in [1.54, 1.807) is 0 Å². The van der Waals surface area contributed by atoms with Crippen LogP contribution in [0.5, 0.6) is 0 Å². The van der Waals surface area contributed by atoms with Crippen LogP contribution in [0.3, 0.4) is 0 Å². The number of esters is 3. The highest BCUT2D eigenvalue weighted by Gasteiger charge is 2.62. The molecule has 34 heavy (non-hydrogen) atoms. The molecule has 0 aromatic carbocycles. The largest absolute Gasteiger partial charge is 0.469 e. The average Bonchev–Trinajstić information content (AvgIpc) is 3.11. The fourth-order valence-electron chi connectivity index (χ4n) is 8.82. The third-order valence-electron chi connectivity index (χ3n) is 10.2. The molecule has 0 aromatic heterocycles. The van der Waals surface area contributed by atoms with Gasteiger partial charge in [-0.1, -0.05) is 32.4 Å². The number of hydrogen-bond acceptors (Lipinski definition) is 6. The Morgan fingerprint density at radius 1 is 1.06 bits per heavy atom. The van der Waals surface area contributed by atoms with E-state index in [0.717, 1.165) is 32.1 Å². The summed E-state index contributed by atoms with van der Waals surface area (Å²) in [4.78, 5) is 35.7. The van der Waals surface area contributed by atoms with Crippen LogP contribution in [-0.4, -0.2) is 37.2 Å². The lowest BCUT2D eigenvalue weighted by Crippen LogP contribution is -2.57. The second-order valence-corrected chi connectivity index (χ2v) is 11.9. The highest BCUT2D eigenvalue weighted by atomic mass is 16.6. The molecule has 0 N–H and O–H groups in total. The average molecular weight is 475 g/mol. The lowest BCUT2D eigenvalue weighted by molar-refractivity contribution is -0.172. The first-order valence-electron chi connectivity index (χ1n) is 13.1. The molecule has 6 nitrogen and oxygen atoms in total. The van der Waals surface area contributed by atoms with Crippen LogP contribution in [0, 0.1) is 40.4 Å². The summed E-state index contributed by atoms with van der Waals surface area (Å²) in [7, 11) is 1.47. The molecule has 0 heterocycles. The Hall–Kier alpha value is -1.85. The van der Waals surface area contributed by atoms with E-state index in [2.05, 4.69) is 26.8 Å². The normalized spacial score (nSPS) is 41.8. The van der Waals surface area contributed by atoms with E-state index < -0.39 is 0 Å². The van der Waals surface area contributed by atoms with Crippen molar-refractivity contribution in [2.45, 2.75) is 98.2 Å². The molecule has 4 rings (SSSR count). The lowest BCUT2D eigenvalue weighted by Gasteiger charge is -2.60. The Bertz CT molecular complexity index is 863. The molecule has 0 aliphatic heterocycles. The van der Waals surface area contributed by atoms with Gasteiger partial charge in [-0.05, 0) is 67.1 Å². The van der Waals surface area contributed by atoms with Crippen molar-refractivity contribution in [3.05, 3.63) is 11.6 Å². The van der Waals surface area contributed by atoms with Crippen molar-refractivity contribution in [1.82, 2.24) is 0 Å². The first kappa shape index (κ1) is 25.2. The Kier molecular flexibility index (Phi) is 6.91. The van der Waals surface area contributed by atoms with Gasteiger partial charge in [0.05, 0.1) is 7.11 Å². The monoisotopic (exact) mass is 474 g/mol. The van der Waals surface area contributed by atoms with Crippen LogP contribution < -0.4 is 0 Å². The standard InChI is InChI=1S/C28H42O6/c1-16(13-26(31)32-6)22-9-10-23-21-8-7-19-14-20(33-17(2)29)15-25(34-18(3)30)28(19,5)24(21)11-12-27(22,23)4/h7,16,20-25H,8-15H2,1-6H3/t16?,20?,21-,22+,23-,24-,25?,27+,28-/m0/s1. The zero-order valence-electron chi connectivity index (χ0n) is 21.7. The molecular weight excluding hydrogens is 432 g/mol. The fourth-order valence-corrected chi connectivity index (χ4v) is 8.82. The van der Waals surface area contributed by atoms with Gasteiger partial charge in [-0.15, -0.1) is 0 Å². The number of methoxy groups -OCH3 is 1. The van der Waals surface area contributed by atoms with Crippen LogP contribution in [0.4, 0.5) is 0 Å². The predicted octanol–water partition coefficient (Wildman–Crippen LogP) is 5.24. The predicted molar refractivity (Wildman–Crippen MR) is 127 cm³/mol. The third kappa shape index (κ3) is 4.19. The first-order chi connectivity index (χ1) is 16.0. The lowest BCUT2D eigenvalue weighted by atomic mass is 9.46. The molecule has 9 atom stereocenters. The molecule has 0 radical (unpaired) electrons. The number of rotatable bonds is 5. The van der Waals surface area contributed by atoms with Gasteiger partial charge in [-0.3, -0.25) is 14.4 Å². The van der Waals surface area contributed by atoms with E-state index in [0.29, 0.717) is 42.4 Å². The molecule has 0 bridgehead atoms. The number of fused-ring (bicyclic) bond motifs is 5. The first-order valence-corrected chi connectivity index (χ1v) is 13.1. The van der Waals surface area contributed by atoms with Crippen molar-refractivity contribution >= 4 is 17.9 Å². The third-order valence-corrected chi connectivity index (χ3v) is 10.2. The zero-order chi connectivity index (χ0) is 24.8. The van der Waals surface area contributed by atoms with Crippen LogP contribution in [0.2, 0.25) is 0 Å². The van der Waals surface area contributed by atoms with Crippen molar-refractivity contribution in [2.75, 3.05) is 7.11 Å². The van der Waals surface area contributed by atoms with E-state index >= 15 is 0 Å². The van der Waals surface area contributed by atoms with Gasteiger partial charge in [0, 0.05) is 38.5 Å². The second-order valence-electron chi connectivity index (χ2n) is 11.9. The summed E-state index contributed by atoms with van der Waals surface area (Å²) in [6, 6.07) is 0. The van der Waals surface area contributed by atoms with Crippen molar-refractivity contribution in [2.24, 2.45) is 40.4 Å². The quantitative estimate of drug-likeness (QED) is 0.308. The summed E-state index contributed by atoms with van der Waals surface area (Å²) in [5.41, 5.74) is 1.31. The summed E-state index contributed by atoms with van der Waals surface area (Å²) in [6.45, 7) is 9.89. The number of allylic oxidation sites excluding steroid dienone is 1. The Morgan fingerprint density at radius 2 is 1.76 bits per heavy atom. The van der Waals surface area contributed by atoms with E-state index in [9.17, 15) is 14.4 Å². The van der Waals surface area contributed by atoms with Gasteiger partial charge < -0.3 is 14.2 Å². The smallest absolute Gasteiger partial charge is 0.305 e. The molecule has 3 unspecified atom stereocenters. The van der Waals surface area contributed by atoms with Gasteiger partial charge in [0.25, 0.3) is 0 Å². The maximum Gasteiger partial charge on any atom is 0.305 e. The van der Waals surface area contributed by atoms with Crippen LogP contribution >= 0.6 is 0 Å². The highest BCUT2D eigenvalue weighted by molar-refractivity contribution is 5.69. The topological polar surface area (TPSA) is 78.9 Å². The summed E-state index contributed by atoms with van der Waals surface area (Å²) < 4.78 is 16.5. The minimum atomic E-state index is -0.282. The summed E-state index contributed by atoms with van der Waals surface area (Å²) in [5, 5.41) is 0. The van der Waals surface area contributed by atoms with E-state index in [1.165, 1.54) is 33.0 Å². The van der Waals surface area contributed by atoms with Gasteiger partial charge in [0.15, 0.2) is 0 Å². The molecule has 4 aliphatic carbocycles. The Morgan fingerprint density at radius 3 is 2.41 bits per heavy atom. The second kappa shape index (κ2) is 9.31. The Balaban J connectivity index is 1.61. The number of hydrogen-bond donors (Lipinski definition) is 0. The molecule has 3 saturated carbocycles. The summed E-state index contributed by atoms with van der Waals surface area (Å²) >= 11 is 0. The van der Waals surface area contributed by atoms with Gasteiger partial charge in [-0.25, -0.2) is 0 Å². The van der Waals surface area contributed by atoms with Crippen molar-refractivity contribution in [1.29, 1.82) is 0 Å². The van der Waals surface area contributed by atoms with E-state index in [1.807, 2.05) is 0 Å².